The zero-order valence-corrected chi connectivity index (χ0v) is 24.0. The Bertz CT molecular complexity index is 1830. The average molecular weight is 625 g/mol. The first-order valence-corrected chi connectivity index (χ1v) is 13.4. The highest BCUT2D eigenvalue weighted by molar-refractivity contribution is 9.10. The molecule has 0 saturated carbocycles. The van der Waals surface area contributed by atoms with Crippen molar-refractivity contribution < 1.29 is 23.4 Å². The van der Waals surface area contributed by atoms with Crippen molar-refractivity contribution in [1.82, 2.24) is 9.66 Å². The molecular formula is C29H23BrClN3O6. The van der Waals surface area contributed by atoms with E-state index in [4.69, 9.17) is 35.2 Å². The van der Waals surface area contributed by atoms with Crippen molar-refractivity contribution in [3.8, 4) is 23.1 Å². The zero-order chi connectivity index (χ0) is 28.4. The van der Waals surface area contributed by atoms with Gasteiger partial charge in [-0.05, 0) is 67.9 Å². The van der Waals surface area contributed by atoms with Crippen molar-refractivity contribution in [3.63, 3.8) is 0 Å². The molecule has 0 unspecified atom stereocenters. The van der Waals surface area contributed by atoms with Crippen molar-refractivity contribution in [2.75, 3.05) is 13.7 Å². The summed E-state index contributed by atoms with van der Waals surface area (Å²) in [6.45, 7) is 3.67. The van der Waals surface area contributed by atoms with Gasteiger partial charge < -0.3 is 18.6 Å². The maximum absolute atomic E-state index is 13.6. The van der Waals surface area contributed by atoms with Crippen LogP contribution in [-0.2, 0) is 9.53 Å². The van der Waals surface area contributed by atoms with E-state index in [9.17, 15) is 9.59 Å². The Morgan fingerprint density at radius 1 is 1.20 bits per heavy atom. The van der Waals surface area contributed by atoms with Crippen molar-refractivity contribution in [3.05, 3.63) is 86.1 Å². The number of carbonyl (C=O) groups is 1. The van der Waals surface area contributed by atoms with Gasteiger partial charge in [0.05, 0.1) is 35.9 Å². The molecule has 1 atom stereocenters. The number of hydrogen-bond donors (Lipinski definition) is 0. The smallest absolute Gasteiger partial charge is 0.346 e. The SMILES string of the molecule is CCOc1cc(C=Nn2c(-c3cc4cc(Br)ccc4o3)nc3ccccc3c2=O)cc(Cl)c1O[C@H](C)C(=O)OC. The zero-order valence-electron chi connectivity index (χ0n) is 21.7. The first-order valence-electron chi connectivity index (χ1n) is 12.3. The van der Waals surface area contributed by atoms with E-state index >= 15 is 0 Å². The molecule has 5 aromatic rings. The van der Waals surface area contributed by atoms with Gasteiger partial charge in [0.15, 0.2) is 23.4 Å². The molecule has 0 aliphatic carbocycles. The fourth-order valence-corrected chi connectivity index (χ4v) is 4.71. The van der Waals surface area contributed by atoms with Gasteiger partial charge in [0, 0.05) is 9.86 Å². The Labute approximate surface area is 242 Å². The van der Waals surface area contributed by atoms with E-state index in [0.717, 1.165) is 9.86 Å². The highest BCUT2D eigenvalue weighted by Crippen LogP contribution is 2.37. The van der Waals surface area contributed by atoms with E-state index in [-0.39, 0.29) is 22.2 Å². The molecular weight excluding hydrogens is 602 g/mol. The van der Waals surface area contributed by atoms with E-state index in [0.29, 0.717) is 40.2 Å². The molecule has 0 amide bonds. The number of nitrogens with zero attached hydrogens (tertiary/aromatic N) is 3. The predicted octanol–water partition coefficient (Wildman–Crippen LogP) is 6.45. The summed E-state index contributed by atoms with van der Waals surface area (Å²) in [5, 5.41) is 5.91. The number of ether oxygens (including phenoxy) is 3. The third-order valence-corrected chi connectivity index (χ3v) is 6.71. The lowest BCUT2D eigenvalue weighted by atomic mass is 10.2. The second-order valence-corrected chi connectivity index (χ2v) is 9.98. The molecule has 0 bridgehead atoms. The molecule has 0 fully saturated rings. The van der Waals surface area contributed by atoms with Gasteiger partial charge in [-0.15, -0.1) is 0 Å². The Morgan fingerprint density at radius 2 is 2.00 bits per heavy atom. The standard InChI is InChI=1S/C29H23BrClN3O6/c1-4-38-24-12-17(11-21(31)26(24)39-16(2)29(36)37-3)15-32-34-27(33-22-8-6-5-7-20(22)28(34)35)25-14-18-13-19(30)9-10-23(18)40-25/h5-16H,4H2,1-3H3/t16-/m1/s1. The normalized spacial score (nSPS) is 12.2. The molecule has 5 rings (SSSR count). The molecule has 2 heterocycles. The highest BCUT2D eigenvalue weighted by atomic mass is 79.9. The molecule has 9 nitrogen and oxygen atoms in total. The number of carbonyl (C=O) groups excluding carboxylic acids is 1. The minimum Gasteiger partial charge on any atom is -0.490 e. The van der Waals surface area contributed by atoms with Crippen LogP contribution < -0.4 is 15.0 Å². The Morgan fingerprint density at radius 3 is 2.77 bits per heavy atom. The van der Waals surface area contributed by atoms with Crippen molar-refractivity contribution in [2.24, 2.45) is 5.10 Å². The minimum atomic E-state index is -0.907. The van der Waals surface area contributed by atoms with Crippen LogP contribution >= 0.6 is 27.5 Å². The molecule has 0 saturated heterocycles. The fraction of sp³-hybridized carbons (Fsp3) is 0.172. The van der Waals surface area contributed by atoms with Crippen molar-refractivity contribution in [2.45, 2.75) is 20.0 Å². The van der Waals surface area contributed by atoms with Crippen LogP contribution in [0, 0.1) is 0 Å². The second kappa shape index (κ2) is 11.5. The minimum absolute atomic E-state index is 0.190. The van der Waals surface area contributed by atoms with E-state index in [2.05, 4.69) is 21.0 Å². The second-order valence-electron chi connectivity index (χ2n) is 8.65. The first-order chi connectivity index (χ1) is 19.3. The number of halogens is 2. The highest BCUT2D eigenvalue weighted by Gasteiger charge is 2.21. The van der Waals surface area contributed by atoms with E-state index in [1.165, 1.54) is 18.0 Å². The number of para-hydroxylation sites is 1. The van der Waals surface area contributed by atoms with Crippen LogP contribution in [0.25, 0.3) is 33.5 Å². The Hall–Kier alpha value is -4.15. The van der Waals surface area contributed by atoms with Gasteiger partial charge in [0.1, 0.15) is 5.58 Å². The molecule has 2 aromatic heterocycles. The van der Waals surface area contributed by atoms with Gasteiger partial charge in [-0.1, -0.05) is 39.7 Å². The molecule has 0 spiro atoms. The van der Waals surface area contributed by atoms with Gasteiger partial charge >= 0.3 is 5.97 Å². The summed E-state index contributed by atoms with van der Waals surface area (Å²) in [6.07, 6.45) is 0.554. The lowest BCUT2D eigenvalue weighted by molar-refractivity contribution is -0.147. The summed E-state index contributed by atoms with van der Waals surface area (Å²) in [5.41, 5.74) is 1.30. The summed E-state index contributed by atoms with van der Waals surface area (Å²) < 4.78 is 24.3. The molecule has 0 N–H and O–H groups in total. The largest absolute Gasteiger partial charge is 0.490 e. The van der Waals surface area contributed by atoms with Gasteiger partial charge in [0.2, 0.25) is 5.82 Å². The maximum Gasteiger partial charge on any atom is 0.346 e. The van der Waals surface area contributed by atoms with E-state index in [1.54, 1.807) is 50.2 Å². The molecule has 0 aliphatic rings. The monoisotopic (exact) mass is 623 g/mol. The van der Waals surface area contributed by atoms with Gasteiger partial charge in [-0.25, -0.2) is 9.78 Å². The Balaban J connectivity index is 1.61. The number of methoxy groups -OCH3 is 1. The number of benzene rings is 3. The number of esters is 1. The van der Waals surface area contributed by atoms with Crippen LogP contribution in [0.3, 0.4) is 0 Å². The summed E-state index contributed by atoms with van der Waals surface area (Å²) in [5.74, 6) is 0.547. The third-order valence-electron chi connectivity index (χ3n) is 5.93. The fourth-order valence-electron chi connectivity index (χ4n) is 4.07. The van der Waals surface area contributed by atoms with E-state index < -0.39 is 12.1 Å². The van der Waals surface area contributed by atoms with Gasteiger partial charge in [0.25, 0.3) is 5.56 Å². The molecule has 0 aliphatic heterocycles. The summed E-state index contributed by atoms with van der Waals surface area (Å²) >= 11 is 9.99. The van der Waals surface area contributed by atoms with Crippen LogP contribution in [-0.4, -0.2) is 41.7 Å². The first kappa shape index (κ1) is 27.4. The lowest BCUT2D eigenvalue weighted by Crippen LogP contribution is -2.25. The molecule has 40 heavy (non-hydrogen) atoms. The molecule has 204 valence electrons. The quantitative estimate of drug-likeness (QED) is 0.144. The summed E-state index contributed by atoms with van der Waals surface area (Å²) in [6, 6.07) is 17.7. The van der Waals surface area contributed by atoms with Crippen LogP contribution in [0.15, 0.2) is 79.4 Å². The molecule has 0 radical (unpaired) electrons. The number of rotatable bonds is 8. The van der Waals surface area contributed by atoms with Crippen LogP contribution in [0.2, 0.25) is 5.02 Å². The average Bonchev–Trinajstić information content (AvgIpc) is 3.37. The van der Waals surface area contributed by atoms with Crippen LogP contribution in [0.1, 0.15) is 19.4 Å². The topological polar surface area (TPSA) is 105 Å². The number of fused-ring (bicyclic) bond motifs is 2. The summed E-state index contributed by atoms with van der Waals surface area (Å²) in [7, 11) is 1.27. The van der Waals surface area contributed by atoms with Gasteiger partial charge in [-0.2, -0.15) is 9.78 Å². The summed E-state index contributed by atoms with van der Waals surface area (Å²) in [4.78, 5) is 30.1. The number of furan rings is 1. The molecule has 3 aromatic carbocycles. The lowest BCUT2D eigenvalue weighted by Gasteiger charge is -2.17. The molecule has 11 heteroatoms. The van der Waals surface area contributed by atoms with Gasteiger partial charge in [-0.3, -0.25) is 4.79 Å². The van der Waals surface area contributed by atoms with E-state index in [1.807, 2.05) is 24.3 Å². The number of hydrogen-bond acceptors (Lipinski definition) is 8. The maximum atomic E-state index is 13.6. The third kappa shape index (κ3) is 5.45. The van der Waals surface area contributed by atoms with Crippen molar-refractivity contribution in [1.29, 1.82) is 0 Å². The van der Waals surface area contributed by atoms with Crippen LogP contribution in [0.5, 0.6) is 11.5 Å². The predicted molar refractivity (Wildman–Crippen MR) is 157 cm³/mol. The number of aromatic nitrogens is 2. The van der Waals surface area contributed by atoms with Crippen LogP contribution in [0.4, 0.5) is 0 Å². The van der Waals surface area contributed by atoms with Crippen molar-refractivity contribution >= 4 is 61.6 Å². The Kier molecular flexibility index (Phi) is 7.90.